The molecule has 0 radical (unpaired) electrons. The second-order valence-electron chi connectivity index (χ2n) is 3.63. The Morgan fingerprint density at radius 1 is 1.39 bits per heavy atom. The van der Waals surface area contributed by atoms with E-state index in [4.69, 9.17) is 16.3 Å². The Hall–Kier alpha value is -0.650. The quantitative estimate of drug-likeness (QED) is 0.778. The van der Waals surface area contributed by atoms with E-state index in [2.05, 4.69) is 20.9 Å². The van der Waals surface area contributed by atoms with E-state index in [0.717, 1.165) is 11.6 Å². The molecule has 0 atom stereocenters. The molecule has 1 aromatic heterocycles. The Bertz CT molecular complexity index is 542. The van der Waals surface area contributed by atoms with Gasteiger partial charge >= 0.3 is 0 Å². The number of rotatable bonds is 4. The second kappa shape index (κ2) is 5.99. The lowest BCUT2D eigenvalue weighted by Gasteiger charge is -2.06. The first kappa shape index (κ1) is 13.8. The van der Waals surface area contributed by atoms with Gasteiger partial charge in [-0.25, -0.2) is 4.98 Å². The van der Waals surface area contributed by atoms with Gasteiger partial charge in [0.25, 0.3) is 0 Å². The first-order chi connectivity index (χ1) is 8.61. The van der Waals surface area contributed by atoms with Crippen LogP contribution >= 0.6 is 39.3 Å². The monoisotopic (exact) mass is 346 g/mol. The highest BCUT2D eigenvalue weighted by Crippen LogP contribution is 2.23. The van der Waals surface area contributed by atoms with Gasteiger partial charge < -0.3 is 9.30 Å². The van der Waals surface area contributed by atoms with E-state index in [1.807, 2.05) is 37.6 Å². The summed E-state index contributed by atoms with van der Waals surface area (Å²) >= 11 is 11.0. The van der Waals surface area contributed by atoms with Crippen molar-refractivity contribution in [1.82, 2.24) is 9.55 Å². The molecule has 0 amide bonds. The number of halogens is 2. The van der Waals surface area contributed by atoms with Crippen molar-refractivity contribution >= 4 is 39.3 Å². The van der Waals surface area contributed by atoms with Gasteiger partial charge in [0.2, 0.25) is 0 Å². The summed E-state index contributed by atoms with van der Waals surface area (Å²) in [4.78, 5) is 5.49. The summed E-state index contributed by atoms with van der Waals surface area (Å²) in [5.41, 5.74) is 0. The molecule has 0 saturated heterocycles. The average molecular weight is 348 g/mol. The van der Waals surface area contributed by atoms with Crippen molar-refractivity contribution in [3.63, 3.8) is 0 Å². The van der Waals surface area contributed by atoms with E-state index in [9.17, 15) is 0 Å². The standard InChI is InChI=1S/C12H12BrClN2OS/c1-16-10(15-11(13)12(16)14)7-17-8-3-5-9(18-2)6-4-8/h3-6H,7H2,1-2H3. The smallest absolute Gasteiger partial charge is 0.149 e. The largest absolute Gasteiger partial charge is 0.486 e. The molecule has 1 heterocycles. The first-order valence-electron chi connectivity index (χ1n) is 5.25. The van der Waals surface area contributed by atoms with Crippen molar-refractivity contribution in [2.24, 2.45) is 7.05 Å². The number of benzene rings is 1. The summed E-state index contributed by atoms with van der Waals surface area (Å²) < 4.78 is 8.10. The van der Waals surface area contributed by atoms with Gasteiger partial charge in [-0.2, -0.15) is 0 Å². The van der Waals surface area contributed by atoms with Crippen LogP contribution in [0.5, 0.6) is 5.75 Å². The predicted molar refractivity (Wildman–Crippen MR) is 78.5 cm³/mol. The number of imidazole rings is 1. The SMILES string of the molecule is CSc1ccc(OCc2nc(Br)c(Cl)n2C)cc1. The topological polar surface area (TPSA) is 27.1 Å². The van der Waals surface area contributed by atoms with Crippen LogP contribution in [0.25, 0.3) is 0 Å². The zero-order chi connectivity index (χ0) is 13.1. The van der Waals surface area contributed by atoms with Crippen LogP contribution in [0.3, 0.4) is 0 Å². The lowest BCUT2D eigenvalue weighted by Crippen LogP contribution is -2.03. The zero-order valence-corrected chi connectivity index (χ0v) is 13.1. The molecule has 2 rings (SSSR count). The molecular formula is C12H12BrClN2OS. The Morgan fingerprint density at radius 3 is 2.56 bits per heavy atom. The van der Waals surface area contributed by atoms with Gasteiger partial charge in [-0.05, 0) is 46.5 Å². The van der Waals surface area contributed by atoms with E-state index in [0.29, 0.717) is 16.4 Å². The van der Waals surface area contributed by atoms with Crippen molar-refractivity contribution in [3.05, 3.63) is 39.8 Å². The van der Waals surface area contributed by atoms with E-state index >= 15 is 0 Å². The molecule has 0 unspecified atom stereocenters. The molecule has 3 nitrogen and oxygen atoms in total. The van der Waals surface area contributed by atoms with E-state index in [1.165, 1.54) is 4.90 Å². The first-order valence-corrected chi connectivity index (χ1v) is 7.65. The highest BCUT2D eigenvalue weighted by molar-refractivity contribution is 9.10. The molecule has 2 aromatic rings. The lowest BCUT2D eigenvalue weighted by atomic mass is 10.3. The maximum atomic E-state index is 6.01. The molecule has 0 bridgehead atoms. The van der Waals surface area contributed by atoms with E-state index in [-0.39, 0.29) is 0 Å². The number of nitrogens with zero attached hydrogens (tertiary/aromatic N) is 2. The number of ether oxygens (including phenoxy) is 1. The Kier molecular flexibility index (Phi) is 4.59. The van der Waals surface area contributed by atoms with Crippen molar-refractivity contribution < 1.29 is 4.74 Å². The number of thioether (sulfide) groups is 1. The van der Waals surface area contributed by atoms with Crippen LogP contribution < -0.4 is 4.74 Å². The van der Waals surface area contributed by atoms with Gasteiger partial charge in [-0.3, -0.25) is 0 Å². The van der Waals surface area contributed by atoms with Crippen LogP contribution in [0.2, 0.25) is 5.15 Å². The van der Waals surface area contributed by atoms with Gasteiger partial charge in [-0.1, -0.05) is 11.6 Å². The molecule has 6 heteroatoms. The molecule has 0 saturated carbocycles. The fourth-order valence-corrected chi connectivity index (χ4v) is 2.45. The molecule has 0 aliphatic heterocycles. The van der Waals surface area contributed by atoms with Gasteiger partial charge in [0.05, 0.1) is 0 Å². The van der Waals surface area contributed by atoms with Gasteiger partial charge in [0.1, 0.15) is 27.9 Å². The Morgan fingerprint density at radius 2 is 2.06 bits per heavy atom. The predicted octanol–water partition coefficient (Wildman–Crippen LogP) is 4.14. The maximum Gasteiger partial charge on any atom is 0.149 e. The van der Waals surface area contributed by atoms with Crippen LogP contribution in [-0.4, -0.2) is 15.8 Å². The number of hydrogen-bond acceptors (Lipinski definition) is 3. The summed E-state index contributed by atoms with van der Waals surface area (Å²) in [5, 5.41) is 0.575. The zero-order valence-electron chi connectivity index (χ0n) is 9.98. The minimum absolute atomic E-state index is 0.389. The molecule has 0 fully saturated rings. The van der Waals surface area contributed by atoms with E-state index in [1.54, 1.807) is 16.3 Å². The van der Waals surface area contributed by atoms with Crippen LogP contribution in [0.4, 0.5) is 0 Å². The molecule has 18 heavy (non-hydrogen) atoms. The molecule has 1 aromatic carbocycles. The number of aromatic nitrogens is 2. The third-order valence-corrected chi connectivity index (χ3v) is 4.46. The van der Waals surface area contributed by atoms with Gasteiger partial charge in [0.15, 0.2) is 0 Å². The summed E-state index contributed by atoms with van der Waals surface area (Å²) in [7, 11) is 1.86. The maximum absolute atomic E-state index is 6.01. The van der Waals surface area contributed by atoms with Crippen LogP contribution in [0.1, 0.15) is 5.82 Å². The van der Waals surface area contributed by atoms with Crippen LogP contribution in [0.15, 0.2) is 33.8 Å². The minimum Gasteiger partial charge on any atom is -0.486 e. The molecule has 0 spiro atoms. The van der Waals surface area contributed by atoms with E-state index < -0.39 is 0 Å². The van der Waals surface area contributed by atoms with Gasteiger partial charge in [-0.15, -0.1) is 11.8 Å². The summed E-state index contributed by atoms with van der Waals surface area (Å²) in [6, 6.07) is 7.96. The average Bonchev–Trinajstić information content (AvgIpc) is 2.64. The number of hydrogen-bond donors (Lipinski definition) is 0. The third-order valence-electron chi connectivity index (χ3n) is 2.51. The molecular weight excluding hydrogens is 336 g/mol. The molecule has 0 N–H and O–H groups in total. The summed E-state index contributed by atoms with van der Waals surface area (Å²) in [6.07, 6.45) is 2.04. The van der Waals surface area contributed by atoms with Crippen molar-refractivity contribution in [2.45, 2.75) is 11.5 Å². The van der Waals surface area contributed by atoms with Crippen molar-refractivity contribution in [3.8, 4) is 5.75 Å². The molecule has 96 valence electrons. The fraction of sp³-hybridized carbons (Fsp3) is 0.250. The summed E-state index contributed by atoms with van der Waals surface area (Å²) in [5.74, 6) is 1.60. The third kappa shape index (κ3) is 3.02. The van der Waals surface area contributed by atoms with Gasteiger partial charge in [0, 0.05) is 11.9 Å². The second-order valence-corrected chi connectivity index (χ2v) is 5.62. The Balaban J connectivity index is 2.04. The fourth-order valence-electron chi connectivity index (χ4n) is 1.44. The lowest BCUT2D eigenvalue weighted by molar-refractivity contribution is 0.291. The normalized spacial score (nSPS) is 10.7. The highest BCUT2D eigenvalue weighted by atomic mass is 79.9. The van der Waals surface area contributed by atoms with Crippen LogP contribution in [0, 0.1) is 0 Å². The Labute approximate surface area is 124 Å². The molecule has 0 aliphatic carbocycles. The summed E-state index contributed by atoms with van der Waals surface area (Å²) in [6.45, 7) is 0.389. The highest BCUT2D eigenvalue weighted by Gasteiger charge is 2.10. The minimum atomic E-state index is 0.389. The van der Waals surface area contributed by atoms with Crippen LogP contribution in [-0.2, 0) is 13.7 Å². The molecule has 0 aliphatic rings. The van der Waals surface area contributed by atoms with Crippen molar-refractivity contribution in [2.75, 3.05) is 6.26 Å². The van der Waals surface area contributed by atoms with Crippen molar-refractivity contribution in [1.29, 1.82) is 0 Å².